The molecule has 1 aromatic rings. The molecule has 124 valence electrons. The molecule has 0 atom stereocenters. The summed E-state index contributed by atoms with van der Waals surface area (Å²) in [5.41, 5.74) is 0. The Kier molecular flexibility index (Phi) is 9.14. The quantitative estimate of drug-likeness (QED) is 0.243. The summed E-state index contributed by atoms with van der Waals surface area (Å²) in [6, 6.07) is 0. The third-order valence-corrected chi connectivity index (χ3v) is 3.58. The maximum atomic E-state index is 4.60. The average molecular weight is 538 g/mol. The van der Waals surface area contributed by atoms with Crippen LogP contribution in [0.15, 0.2) is 50.6 Å². The smallest absolute Gasteiger partial charge is 0.250 e. The summed E-state index contributed by atoms with van der Waals surface area (Å²) in [4.78, 5) is 17.6. The Morgan fingerprint density at radius 1 is 0.652 bits per heavy atom. The predicted molar refractivity (Wildman–Crippen MR) is 116 cm³/mol. The molecule has 0 unspecified atom stereocenters. The molecule has 23 heavy (non-hydrogen) atoms. The van der Waals surface area contributed by atoms with Crippen LogP contribution in [0.4, 0.5) is 17.8 Å². The highest BCUT2D eigenvalue weighted by Gasteiger charge is 2.17. The molecule has 0 spiro atoms. The zero-order chi connectivity index (χ0) is 17.2. The maximum Gasteiger partial charge on any atom is 0.250 e. The summed E-state index contributed by atoms with van der Waals surface area (Å²) in [5, 5.41) is 0. The zero-order valence-electron chi connectivity index (χ0n) is 12.9. The van der Waals surface area contributed by atoms with E-state index < -0.39 is 0 Å². The fourth-order valence-electron chi connectivity index (χ4n) is 1.80. The number of halogens is 2. The van der Waals surface area contributed by atoms with Gasteiger partial charge in [0, 0.05) is 26.2 Å². The maximum absolute atomic E-state index is 4.60. The van der Waals surface area contributed by atoms with E-state index in [1.165, 1.54) is 0 Å². The monoisotopic (exact) mass is 538 g/mol. The molecule has 1 rings (SSSR count). The predicted octanol–water partition coefficient (Wildman–Crippen LogP) is 3.73. The van der Waals surface area contributed by atoms with E-state index in [2.05, 4.69) is 87.0 Å². The first-order valence-electron chi connectivity index (χ1n) is 6.88. The number of nitrogens with zero attached hydrogens (tertiary/aromatic N) is 6. The molecule has 0 aliphatic carbocycles. The molecule has 0 radical (unpaired) electrons. The van der Waals surface area contributed by atoms with Gasteiger partial charge in [0.25, 0.3) is 0 Å². The Morgan fingerprint density at radius 3 is 1.22 bits per heavy atom. The lowest BCUT2D eigenvalue weighted by Gasteiger charge is -2.24. The van der Waals surface area contributed by atoms with Crippen molar-refractivity contribution in [2.75, 3.05) is 37.3 Å². The molecule has 0 aliphatic heterocycles. The molecule has 0 amide bonds. The highest BCUT2D eigenvalue weighted by molar-refractivity contribution is 14.2. The number of anilines is 3. The van der Waals surface area contributed by atoms with Crippen molar-refractivity contribution >= 4 is 63.6 Å². The Hall–Kier alpha value is -1.17. The van der Waals surface area contributed by atoms with E-state index in [9.17, 15) is 0 Å². The second-order valence-corrected chi connectivity index (χ2v) is 8.21. The van der Waals surface area contributed by atoms with Gasteiger partial charge in [-0.2, -0.15) is 15.0 Å². The van der Waals surface area contributed by atoms with Gasteiger partial charge >= 0.3 is 0 Å². The summed E-state index contributed by atoms with van der Waals surface area (Å²) >= 11 is 4.25. The van der Waals surface area contributed by atoms with Crippen molar-refractivity contribution in [3.63, 3.8) is 0 Å². The lowest BCUT2D eigenvalue weighted by atomic mass is 10.4. The van der Waals surface area contributed by atoms with E-state index in [1.807, 2.05) is 34.1 Å². The van der Waals surface area contributed by atoms with Crippen molar-refractivity contribution in [3.05, 3.63) is 50.6 Å². The summed E-state index contributed by atoms with van der Waals surface area (Å²) in [6.45, 7) is 17.6. The van der Waals surface area contributed by atoms with Crippen molar-refractivity contribution in [1.29, 1.82) is 0 Å². The van der Waals surface area contributed by atoms with Crippen LogP contribution in [-0.4, -0.2) is 41.1 Å². The fraction of sp³-hybridized carbons (Fsp3) is 0.267. The molecule has 0 bridgehead atoms. The molecule has 1 heterocycles. The van der Waals surface area contributed by atoms with Gasteiger partial charge in [-0.15, -0.1) is 26.3 Å². The normalized spacial score (nSPS) is 9.83. The van der Waals surface area contributed by atoms with Gasteiger partial charge in [0.1, 0.15) is 0 Å². The average Bonchev–Trinajstić information content (AvgIpc) is 2.54. The molecule has 0 saturated carbocycles. The topological polar surface area (TPSA) is 48.4 Å². The molecule has 0 fully saturated rings. The van der Waals surface area contributed by atoms with Crippen LogP contribution < -0.4 is 11.1 Å². The highest BCUT2D eigenvalue weighted by atomic mass is 127. The van der Waals surface area contributed by atoms with Crippen LogP contribution in [0.25, 0.3) is 0 Å². The molecular formula is C15H20I2N6. The summed E-state index contributed by atoms with van der Waals surface area (Å²) in [7, 11) is 0. The van der Waals surface area contributed by atoms with E-state index in [1.54, 1.807) is 1.33 Å². The second-order valence-electron chi connectivity index (χ2n) is 4.43. The van der Waals surface area contributed by atoms with Gasteiger partial charge < -0.3 is 9.80 Å². The van der Waals surface area contributed by atoms with Crippen LogP contribution in [0, 0.1) is 0 Å². The molecule has 8 heteroatoms. The number of hydrogen-bond acceptors (Lipinski definition) is 6. The summed E-state index contributed by atoms with van der Waals surface area (Å²) in [6.07, 6.45) is 7.24. The van der Waals surface area contributed by atoms with Crippen molar-refractivity contribution in [3.8, 4) is 0 Å². The van der Waals surface area contributed by atoms with Crippen LogP contribution in [-0.2, 0) is 0 Å². The van der Waals surface area contributed by atoms with E-state index >= 15 is 0 Å². The number of aromatic nitrogens is 3. The highest BCUT2D eigenvalue weighted by Crippen LogP contribution is 2.24. The third-order valence-electron chi connectivity index (χ3n) is 2.71. The van der Waals surface area contributed by atoms with Gasteiger partial charge in [-0.25, -0.2) is 1.33 Å². The molecule has 0 aliphatic rings. The lowest BCUT2D eigenvalue weighted by molar-refractivity contribution is 0.835. The van der Waals surface area contributed by atoms with Gasteiger partial charge in [0.15, 0.2) is 0 Å². The molecule has 0 aromatic carbocycles. The molecule has 0 N–H and O–H groups in total. The minimum atomic E-state index is 0.572. The first kappa shape index (κ1) is 19.9. The Morgan fingerprint density at radius 2 is 0.957 bits per heavy atom. The SMILES string of the molecule is C=CCN(CC=C)c1nc(N(I)I)nc(N(CC=C)CC=C)n1. The van der Waals surface area contributed by atoms with Gasteiger partial charge in [0.2, 0.25) is 17.8 Å². The van der Waals surface area contributed by atoms with Gasteiger partial charge in [-0.05, 0) is 0 Å². The zero-order valence-corrected chi connectivity index (χ0v) is 17.2. The molecule has 1 aromatic heterocycles. The van der Waals surface area contributed by atoms with Crippen LogP contribution in [0.5, 0.6) is 0 Å². The molecule has 0 saturated heterocycles. The minimum absolute atomic E-state index is 0.572. The van der Waals surface area contributed by atoms with Crippen LogP contribution >= 0.6 is 45.7 Å². The summed E-state index contributed by atoms with van der Waals surface area (Å²) in [5.74, 6) is 1.74. The van der Waals surface area contributed by atoms with Gasteiger partial charge in [-0.3, -0.25) is 0 Å². The van der Waals surface area contributed by atoms with E-state index in [-0.39, 0.29) is 0 Å². The van der Waals surface area contributed by atoms with Crippen molar-refractivity contribution < 1.29 is 0 Å². The summed E-state index contributed by atoms with van der Waals surface area (Å²) < 4.78 is 1.80. The number of hydrogen-bond donors (Lipinski definition) is 0. The van der Waals surface area contributed by atoms with Crippen molar-refractivity contribution in [2.24, 2.45) is 0 Å². The van der Waals surface area contributed by atoms with Gasteiger partial charge in [-0.1, -0.05) is 24.3 Å². The Labute approximate surface area is 165 Å². The first-order valence-corrected chi connectivity index (χ1v) is 8.81. The van der Waals surface area contributed by atoms with Gasteiger partial charge in [0.05, 0.1) is 45.7 Å². The second kappa shape index (κ2) is 10.6. The van der Waals surface area contributed by atoms with E-state index in [0.717, 1.165) is 0 Å². The molecular weight excluding hydrogens is 518 g/mol. The standard InChI is InChI=1S/C15H20I2N6/c1-5-9-21(10-6-2)13-18-14(20-15(19-13)23(16)17)22(11-7-3)12-8-4/h5-8H,1-4,9-12H2. The van der Waals surface area contributed by atoms with E-state index in [0.29, 0.717) is 44.0 Å². The molecule has 6 nitrogen and oxygen atoms in total. The van der Waals surface area contributed by atoms with Crippen LogP contribution in [0.1, 0.15) is 0 Å². The number of rotatable bonds is 11. The minimum Gasteiger partial charge on any atom is -0.333 e. The van der Waals surface area contributed by atoms with Crippen LogP contribution in [0.3, 0.4) is 0 Å². The first-order chi connectivity index (χ1) is 11.1. The van der Waals surface area contributed by atoms with Crippen molar-refractivity contribution in [2.45, 2.75) is 0 Å². The Bertz CT molecular complexity index is 499. The largest absolute Gasteiger partial charge is 0.333 e. The van der Waals surface area contributed by atoms with Crippen LogP contribution in [0.2, 0.25) is 0 Å². The lowest BCUT2D eigenvalue weighted by Crippen LogP contribution is -2.30. The Balaban J connectivity index is 3.33. The van der Waals surface area contributed by atoms with Crippen molar-refractivity contribution in [1.82, 2.24) is 15.0 Å². The third kappa shape index (κ3) is 6.09. The fourth-order valence-corrected chi connectivity index (χ4v) is 2.23. The van der Waals surface area contributed by atoms with E-state index in [4.69, 9.17) is 0 Å².